The average molecular weight is 267 g/mol. The predicted molar refractivity (Wildman–Crippen MR) is 81.4 cm³/mol. The number of methoxy groups -OCH3 is 1. The van der Waals surface area contributed by atoms with Gasteiger partial charge in [-0.2, -0.15) is 0 Å². The summed E-state index contributed by atoms with van der Waals surface area (Å²) in [6, 6.07) is 0.579. The summed E-state index contributed by atoms with van der Waals surface area (Å²) in [6.45, 7) is 5.70. The number of likely N-dealkylation sites (N-methyl/N-ethyl adjacent to an activating group) is 1. The molecule has 2 heteroatoms. The van der Waals surface area contributed by atoms with E-state index in [1.165, 1.54) is 57.8 Å². The van der Waals surface area contributed by atoms with Crippen molar-refractivity contribution in [2.45, 2.75) is 83.3 Å². The Balaban J connectivity index is 2.10. The van der Waals surface area contributed by atoms with Gasteiger partial charge in [-0.1, -0.05) is 33.1 Å². The molecule has 0 aromatic carbocycles. The van der Waals surface area contributed by atoms with Gasteiger partial charge in [-0.25, -0.2) is 0 Å². The quantitative estimate of drug-likeness (QED) is 0.808. The topological polar surface area (TPSA) is 21.3 Å². The zero-order valence-corrected chi connectivity index (χ0v) is 13.2. The fraction of sp³-hybridized carbons (Fsp3) is 1.00. The van der Waals surface area contributed by atoms with Gasteiger partial charge in [0.2, 0.25) is 0 Å². The first-order valence-electron chi connectivity index (χ1n) is 8.50. The van der Waals surface area contributed by atoms with Gasteiger partial charge in [0.05, 0.1) is 5.60 Å². The van der Waals surface area contributed by atoms with Crippen molar-refractivity contribution in [3.63, 3.8) is 0 Å². The smallest absolute Gasteiger partial charge is 0.0833 e. The van der Waals surface area contributed by atoms with Crippen LogP contribution in [0.1, 0.15) is 71.6 Å². The maximum atomic E-state index is 6.13. The lowest BCUT2D eigenvalue weighted by Gasteiger charge is -2.48. The molecule has 112 valence electrons. The highest BCUT2D eigenvalue weighted by molar-refractivity contribution is 4.99. The van der Waals surface area contributed by atoms with Crippen LogP contribution in [0.25, 0.3) is 0 Å². The SMILES string of the molecule is CCNC(C1CCCCC1)C1(OC)CCC(C)CC1. The van der Waals surface area contributed by atoms with Crippen molar-refractivity contribution in [2.75, 3.05) is 13.7 Å². The Kier molecular flexibility index (Phi) is 5.70. The molecule has 0 amide bonds. The van der Waals surface area contributed by atoms with Crippen LogP contribution in [0.4, 0.5) is 0 Å². The summed E-state index contributed by atoms with van der Waals surface area (Å²) < 4.78 is 6.13. The lowest BCUT2D eigenvalue weighted by Crippen LogP contribution is -2.57. The molecule has 0 aromatic rings. The first-order valence-corrected chi connectivity index (χ1v) is 8.50. The van der Waals surface area contributed by atoms with Gasteiger partial charge in [-0.3, -0.25) is 0 Å². The summed E-state index contributed by atoms with van der Waals surface area (Å²) in [4.78, 5) is 0. The maximum Gasteiger partial charge on any atom is 0.0833 e. The van der Waals surface area contributed by atoms with E-state index in [1.807, 2.05) is 7.11 Å². The fourth-order valence-electron chi connectivity index (χ4n) is 4.36. The van der Waals surface area contributed by atoms with Crippen LogP contribution in [-0.4, -0.2) is 25.3 Å². The minimum atomic E-state index is 0.116. The number of rotatable bonds is 5. The molecule has 2 rings (SSSR count). The molecule has 0 saturated heterocycles. The van der Waals surface area contributed by atoms with Crippen molar-refractivity contribution in [2.24, 2.45) is 11.8 Å². The van der Waals surface area contributed by atoms with E-state index >= 15 is 0 Å². The van der Waals surface area contributed by atoms with Gasteiger partial charge in [-0.15, -0.1) is 0 Å². The molecular formula is C17H33NO. The normalized spacial score (nSPS) is 35.2. The minimum Gasteiger partial charge on any atom is -0.377 e. The molecule has 2 nitrogen and oxygen atoms in total. The molecule has 0 heterocycles. The van der Waals surface area contributed by atoms with E-state index in [2.05, 4.69) is 19.2 Å². The zero-order valence-electron chi connectivity index (χ0n) is 13.2. The largest absolute Gasteiger partial charge is 0.377 e. The van der Waals surface area contributed by atoms with Crippen LogP contribution in [-0.2, 0) is 4.74 Å². The van der Waals surface area contributed by atoms with Crippen molar-refractivity contribution in [1.82, 2.24) is 5.32 Å². The van der Waals surface area contributed by atoms with Crippen LogP contribution in [0.2, 0.25) is 0 Å². The maximum absolute atomic E-state index is 6.13. The van der Waals surface area contributed by atoms with Gasteiger partial charge in [0.1, 0.15) is 0 Å². The third-order valence-electron chi connectivity index (χ3n) is 5.64. The van der Waals surface area contributed by atoms with Gasteiger partial charge in [0.15, 0.2) is 0 Å². The molecule has 0 radical (unpaired) electrons. The Morgan fingerprint density at radius 1 is 1.11 bits per heavy atom. The molecule has 19 heavy (non-hydrogen) atoms. The molecule has 0 aromatic heterocycles. The van der Waals surface area contributed by atoms with Gasteiger partial charge in [0.25, 0.3) is 0 Å². The minimum absolute atomic E-state index is 0.116. The standard InChI is InChI=1S/C17H33NO/c1-4-18-16(15-8-6-5-7-9-15)17(19-3)12-10-14(2)11-13-17/h14-16,18H,4-13H2,1-3H3. The molecule has 1 unspecified atom stereocenters. The van der Waals surface area contributed by atoms with Crippen LogP contribution < -0.4 is 5.32 Å². The van der Waals surface area contributed by atoms with Crippen LogP contribution >= 0.6 is 0 Å². The Morgan fingerprint density at radius 2 is 1.74 bits per heavy atom. The molecule has 2 aliphatic carbocycles. The van der Waals surface area contributed by atoms with Crippen LogP contribution in [0.15, 0.2) is 0 Å². The van der Waals surface area contributed by atoms with Crippen molar-refractivity contribution in [1.29, 1.82) is 0 Å². The molecule has 2 fully saturated rings. The zero-order chi connectivity index (χ0) is 13.7. The fourth-order valence-corrected chi connectivity index (χ4v) is 4.36. The highest BCUT2D eigenvalue weighted by atomic mass is 16.5. The van der Waals surface area contributed by atoms with Crippen molar-refractivity contribution >= 4 is 0 Å². The second kappa shape index (κ2) is 7.08. The monoisotopic (exact) mass is 267 g/mol. The van der Waals surface area contributed by atoms with Gasteiger partial charge in [-0.05, 0) is 56.9 Å². The van der Waals surface area contributed by atoms with Crippen LogP contribution in [0.3, 0.4) is 0 Å². The van der Waals surface area contributed by atoms with Gasteiger partial charge < -0.3 is 10.1 Å². The van der Waals surface area contributed by atoms with Gasteiger partial charge >= 0.3 is 0 Å². The van der Waals surface area contributed by atoms with E-state index < -0.39 is 0 Å². The Bertz CT molecular complexity index is 252. The Labute approximate surface area is 119 Å². The lowest BCUT2D eigenvalue weighted by atomic mass is 9.69. The predicted octanol–water partition coefficient (Wildman–Crippen LogP) is 4.14. The van der Waals surface area contributed by atoms with Crippen LogP contribution in [0.5, 0.6) is 0 Å². The molecule has 1 N–H and O–H groups in total. The third-order valence-corrected chi connectivity index (χ3v) is 5.64. The van der Waals surface area contributed by atoms with Crippen LogP contribution in [0, 0.1) is 11.8 Å². The average Bonchev–Trinajstić information content (AvgIpc) is 2.47. The molecular weight excluding hydrogens is 234 g/mol. The number of ether oxygens (including phenoxy) is 1. The van der Waals surface area contributed by atoms with E-state index in [4.69, 9.17) is 4.74 Å². The number of hydrogen-bond acceptors (Lipinski definition) is 2. The molecule has 2 aliphatic rings. The number of nitrogens with one attached hydrogen (secondary N) is 1. The highest BCUT2D eigenvalue weighted by Crippen LogP contribution is 2.42. The van der Waals surface area contributed by atoms with Crippen molar-refractivity contribution in [3.8, 4) is 0 Å². The molecule has 0 bridgehead atoms. The van der Waals surface area contributed by atoms with E-state index in [0.29, 0.717) is 6.04 Å². The number of hydrogen-bond donors (Lipinski definition) is 1. The Hall–Kier alpha value is -0.0800. The second-order valence-electron chi connectivity index (χ2n) is 6.88. The summed E-state index contributed by atoms with van der Waals surface area (Å²) in [7, 11) is 1.95. The molecule has 0 spiro atoms. The van der Waals surface area contributed by atoms with E-state index in [0.717, 1.165) is 18.4 Å². The second-order valence-corrected chi connectivity index (χ2v) is 6.88. The lowest BCUT2D eigenvalue weighted by molar-refractivity contribution is -0.0913. The first-order chi connectivity index (χ1) is 9.22. The summed E-state index contributed by atoms with van der Waals surface area (Å²) in [5, 5.41) is 3.80. The summed E-state index contributed by atoms with van der Waals surface area (Å²) >= 11 is 0. The Morgan fingerprint density at radius 3 is 2.26 bits per heavy atom. The summed E-state index contributed by atoms with van der Waals surface area (Å²) in [6.07, 6.45) is 12.2. The first kappa shape index (κ1) is 15.3. The third kappa shape index (κ3) is 3.52. The highest BCUT2D eigenvalue weighted by Gasteiger charge is 2.44. The van der Waals surface area contributed by atoms with E-state index in [1.54, 1.807) is 0 Å². The summed E-state index contributed by atoms with van der Waals surface area (Å²) in [5.41, 5.74) is 0.116. The summed E-state index contributed by atoms with van der Waals surface area (Å²) in [5.74, 6) is 1.72. The van der Waals surface area contributed by atoms with Crippen molar-refractivity contribution < 1.29 is 4.74 Å². The van der Waals surface area contributed by atoms with Crippen molar-refractivity contribution in [3.05, 3.63) is 0 Å². The molecule has 0 aliphatic heterocycles. The van der Waals surface area contributed by atoms with Gasteiger partial charge in [0, 0.05) is 13.2 Å². The van der Waals surface area contributed by atoms with E-state index in [-0.39, 0.29) is 5.60 Å². The molecule has 1 atom stereocenters. The molecule has 2 saturated carbocycles. The van der Waals surface area contributed by atoms with E-state index in [9.17, 15) is 0 Å².